The first-order valence-electron chi connectivity index (χ1n) is 9.56. The molecule has 0 saturated carbocycles. The SMILES string of the molecule is COc1ccc(S(=O)(=O)NC(C)C(=O)Nc2ccc3c(c2)Cc2ccccc2-3)cc1. The monoisotopic (exact) mass is 422 g/mol. The summed E-state index contributed by atoms with van der Waals surface area (Å²) < 4.78 is 32.5. The van der Waals surface area contributed by atoms with Crippen molar-refractivity contribution < 1.29 is 17.9 Å². The average molecular weight is 423 g/mol. The predicted octanol–water partition coefficient (Wildman–Crippen LogP) is 3.57. The Kier molecular flexibility index (Phi) is 5.32. The molecule has 4 rings (SSSR count). The van der Waals surface area contributed by atoms with Crippen molar-refractivity contribution in [3.63, 3.8) is 0 Å². The number of carbonyl (C=O) groups excluding carboxylic acids is 1. The second-order valence-electron chi connectivity index (χ2n) is 7.21. The molecule has 7 heteroatoms. The van der Waals surface area contributed by atoms with Crippen molar-refractivity contribution in [3.05, 3.63) is 77.9 Å². The van der Waals surface area contributed by atoms with Crippen LogP contribution < -0.4 is 14.8 Å². The van der Waals surface area contributed by atoms with Gasteiger partial charge in [0.1, 0.15) is 5.75 Å². The standard InChI is InChI=1S/C23H22N2O4S/c1-15(25-30(27,28)20-10-8-19(29-2)9-11-20)23(26)24-18-7-12-22-17(14-18)13-16-5-3-4-6-21(16)22/h3-12,14-15,25H,13H2,1-2H3,(H,24,26). The zero-order valence-electron chi connectivity index (χ0n) is 16.7. The lowest BCUT2D eigenvalue weighted by Crippen LogP contribution is -2.41. The molecule has 0 radical (unpaired) electrons. The molecule has 0 fully saturated rings. The number of ether oxygens (including phenoxy) is 1. The molecule has 1 unspecified atom stereocenters. The number of hydrogen-bond donors (Lipinski definition) is 2. The van der Waals surface area contributed by atoms with Crippen LogP contribution in [0.15, 0.2) is 71.6 Å². The molecule has 0 aromatic heterocycles. The maximum atomic E-state index is 12.6. The van der Waals surface area contributed by atoms with Gasteiger partial charge in [0.15, 0.2) is 0 Å². The number of anilines is 1. The molecule has 6 nitrogen and oxygen atoms in total. The summed E-state index contributed by atoms with van der Waals surface area (Å²) in [6, 6.07) is 19.0. The largest absolute Gasteiger partial charge is 0.497 e. The smallest absolute Gasteiger partial charge is 0.242 e. The fourth-order valence-electron chi connectivity index (χ4n) is 3.58. The Morgan fingerprint density at radius 2 is 1.67 bits per heavy atom. The number of hydrogen-bond acceptors (Lipinski definition) is 4. The Bertz CT molecular complexity index is 1200. The van der Waals surface area contributed by atoms with Gasteiger partial charge in [-0.05, 0) is 72.0 Å². The molecule has 1 aliphatic carbocycles. The Labute approximate surface area is 176 Å². The fraction of sp³-hybridized carbons (Fsp3) is 0.174. The van der Waals surface area contributed by atoms with Crippen LogP contribution in [0, 0.1) is 0 Å². The van der Waals surface area contributed by atoms with Gasteiger partial charge < -0.3 is 10.1 Å². The van der Waals surface area contributed by atoms with Crippen LogP contribution in [0.2, 0.25) is 0 Å². The van der Waals surface area contributed by atoms with Gasteiger partial charge in [-0.25, -0.2) is 8.42 Å². The van der Waals surface area contributed by atoms with Crippen molar-refractivity contribution in [3.8, 4) is 16.9 Å². The summed E-state index contributed by atoms with van der Waals surface area (Å²) in [5.41, 5.74) is 5.42. The third-order valence-electron chi connectivity index (χ3n) is 5.16. The number of benzene rings is 3. The average Bonchev–Trinajstić information content (AvgIpc) is 3.11. The summed E-state index contributed by atoms with van der Waals surface area (Å²) in [7, 11) is -2.33. The summed E-state index contributed by atoms with van der Waals surface area (Å²) in [4.78, 5) is 12.7. The third-order valence-corrected chi connectivity index (χ3v) is 6.71. The lowest BCUT2D eigenvalue weighted by atomic mass is 10.1. The maximum absolute atomic E-state index is 12.6. The highest BCUT2D eigenvalue weighted by molar-refractivity contribution is 7.89. The van der Waals surface area contributed by atoms with Gasteiger partial charge in [0.25, 0.3) is 0 Å². The van der Waals surface area contributed by atoms with E-state index in [0.717, 1.165) is 17.5 Å². The van der Waals surface area contributed by atoms with Crippen LogP contribution in [0.3, 0.4) is 0 Å². The van der Waals surface area contributed by atoms with Crippen LogP contribution in [0.4, 0.5) is 5.69 Å². The molecular weight excluding hydrogens is 400 g/mol. The van der Waals surface area contributed by atoms with Gasteiger partial charge in [-0.15, -0.1) is 0 Å². The van der Waals surface area contributed by atoms with Gasteiger partial charge in [-0.1, -0.05) is 30.3 Å². The van der Waals surface area contributed by atoms with E-state index in [0.29, 0.717) is 11.4 Å². The van der Waals surface area contributed by atoms with Crippen molar-refractivity contribution in [1.82, 2.24) is 4.72 Å². The summed E-state index contributed by atoms with van der Waals surface area (Å²) in [5.74, 6) is 0.126. The van der Waals surface area contributed by atoms with Crippen LogP contribution in [0.5, 0.6) is 5.75 Å². The number of carbonyl (C=O) groups is 1. The van der Waals surface area contributed by atoms with Gasteiger partial charge in [-0.2, -0.15) is 4.72 Å². The van der Waals surface area contributed by atoms with E-state index in [4.69, 9.17) is 4.74 Å². The maximum Gasteiger partial charge on any atom is 0.242 e. The van der Waals surface area contributed by atoms with Crippen molar-refractivity contribution in [2.75, 3.05) is 12.4 Å². The Balaban J connectivity index is 1.44. The van der Waals surface area contributed by atoms with Gasteiger partial charge in [-0.3, -0.25) is 4.79 Å². The van der Waals surface area contributed by atoms with Crippen molar-refractivity contribution in [2.45, 2.75) is 24.3 Å². The molecule has 0 heterocycles. The molecule has 154 valence electrons. The van der Waals surface area contributed by atoms with E-state index in [1.807, 2.05) is 30.3 Å². The predicted molar refractivity (Wildman–Crippen MR) is 116 cm³/mol. The molecular formula is C23H22N2O4S. The Morgan fingerprint density at radius 3 is 2.40 bits per heavy atom. The van der Waals surface area contributed by atoms with Crippen LogP contribution in [0.1, 0.15) is 18.1 Å². The van der Waals surface area contributed by atoms with Crippen LogP contribution >= 0.6 is 0 Å². The van der Waals surface area contributed by atoms with Crippen LogP contribution in [-0.4, -0.2) is 27.5 Å². The minimum Gasteiger partial charge on any atom is -0.497 e. The zero-order chi connectivity index (χ0) is 21.3. The van der Waals surface area contributed by atoms with Gasteiger partial charge in [0.2, 0.25) is 15.9 Å². The summed E-state index contributed by atoms with van der Waals surface area (Å²) in [6.07, 6.45) is 0.814. The van der Waals surface area contributed by atoms with E-state index >= 15 is 0 Å². The molecule has 0 aliphatic heterocycles. The number of sulfonamides is 1. The molecule has 30 heavy (non-hydrogen) atoms. The number of rotatable bonds is 6. The summed E-state index contributed by atoms with van der Waals surface area (Å²) in [5, 5.41) is 2.80. The minimum atomic E-state index is -3.83. The van der Waals surface area contributed by atoms with Gasteiger partial charge >= 0.3 is 0 Å². The molecule has 0 spiro atoms. The van der Waals surface area contributed by atoms with Gasteiger partial charge in [0, 0.05) is 5.69 Å². The van der Waals surface area contributed by atoms with Crippen LogP contribution in [-0.2, 0) is 21.2 Å². The lowest BCUT2D eigenvalue weighted by molar-refractivity contribution is -0.117. The number of amides is 1. The van der Waals surface area contributed by atoms with Crippen molar-refractivity contribution >= 4 is 21.6 Å². The van der Waals surface area contributed by atoms with E-state index in [1.165, 1.54) is 37.3 Å². The first kappa shape index (κ1) is 20.1. The highest BCUT2D eigenvalue weighted by atomic mass is 32.2. The number of fused-ring (bicyclic) bond motifs is 3. The highest BCUT2D eigenvalue weighted by Gasteiger charge is 2.23. The summed E-state index contributed by atoms with van der Waals surface area (Å²) in [6.45, 7) is 1.51. The second kappa shape index (κ2) is 7.93. The first-order valence-corrected chi connectivity index (χ1v) is 11.0. The van der Waals surface area contributed by atoms with Crippen molar-refractivity contribution in [2.24, 2.45) is 0 Å². The zero-order valence-corrected chi connectivity index (χ0v) is 17.5. The normalized spacial score (nSPS) is 13.3. The topological polar surface area (TPSA) is 84.5 Å². The van der Waals surface area contributed by atoms with Crippen LogP contribution in [0.25, 0.3) is 11.1 Å². The second-order valence-corrected chi connectivity index (χ2v) is 8.93. The van der Waals surface area contributed by atoms with Gasteiger partial charge in [0.05, 0.1) is 18.0 Å². The molecule has 1 atom stereocenters. The Hall–Kier alpha value is -3.16. The van der Waals surface area contributed by atoms with E-state index in [9.17, 15) is 13.2 Å². The molecule has 0 bridgehead atoms. The molecule has 3 aromatic carbocycles. The molecule has 2 N–H and O–H groups in total. The molecule has 1 amide bonds. The lowest BCUT2D eigenvalue weighted by Gasteiger charge is -2.15. The van der Waals surface area contributed by atoms with E-state index < -0.39 is 22.0 Å². The van der Waals surface area contributed by atoms with E-state index in [-0.39, 0.29) is 4.90 Å². The number of nitrogens with one attached hydrogen (secondary N) is 2. The van der Waals surface area contributed by atoms with E-state index in [1.54, 1.807) is 12.1 Å². The Morgan fingerprint density at radius 1 is 0.967 bits per heavy atom. The molecule has 1 aliphatic rings. The molecule has 3 aromatic rings. The fourth-order valence-corrected chi connectivity index (χ4v) is 4.79. The minimum absolute atomic E-state index is 0.0678. The number of methoxy groups -OCH3 is 1. The highest BCUT2D eigenvalue weighted by Crippen LogP contribution is 2.37. The first-order chi connectivity index (χ1) is 14.4. The quantitative estimate of drug-likeness (QED) is 0.498. The molecule has 0 saturated heterocycles. The van der Waals surface area contributed by atoms with Crippen molar-refractivity contribution in [1.29, 1.82) is 0 Å². The third kappa shape index (κ3) is 3.94. The van der Waals surface area contributed by atoms with E-state index in [2.05, 4.69) is 22.2 Å². The summed E-state index contributed by atoms with van der Waals surface area (Å²) >= 11 is 0.